The highest BCUT2D eigenvalue weighted by atomic mass is 16.3. The predicted octanol–water partition coefficient (Wildman–Crippen LogP) is 2.78. The first kappa shape index (κ1) is 16.8. The fourth-order valence-electron chi connectivity index (χ4n) is 4.06. The quantitative estimate of drug-likeness (QED) is 0.771. The van der Waals surface area contributed by atoms with Crippen molar-refractivity contribution in [1.82, 2.24) is 14.3 Å². The second kappa shape index (κ2) is 6.91. The number of imidazole rings is 1. The molecule has 4 rings (SSSR count). The van der Waals surface area contributed by atoms with Gasteiger partial charge in [0.15, 0.2) is 0 Å². The average Bonchev–Trinajstić information content (AvgIpc) is 3.27. The van der Waals surface area contributed by atoms with E-state index >= 15 is 0 Å². The lowest BCUT2D eigenvalue weighted by Gasteiger charge is -2.37. The van der Waals surface area contributed by atoms with Crippen molar-refractivity contribution >= 4 is 5.65 Å². The molecule has 1 saturated heterocycles. The molecule has 0 saturated carbocycles. The Kier molecular flexibility index (Phi) is 4.46. The number of benzene rings is 1. The fourth-order valence-corrected chi connectivity index (χ4v) is 4.06. The zero-order chi connectivity index (χ0) is 18.0. The molecule has 2 aromatic heterocycles. The zero-order valence-electron chi connectivity index (χ0n) is 14.7. The van der Waals surface area contributed by atoms with Gasteiger partial charge in [-0.2, -0.15) is 5.26 Å². The fraction of sp³-hybridized carbons (Fsp3) is 0.333. The Hall–Kier alpha value is -2.68. The van der Waals surface area contributed by atoms with Crippen LogP contribution in [-0.4, -0.2) is 38.1 Å². The number of aliphatic hydroxyl groups is 1. The van der Waals surface area contributed by atoms with E-state index in [1.165, 1.54) is 5.56 Å². The highest BCUT2D eigenvalue weighted by Crippen LogP contribution is 2.34. The summed E-state index contributed by atoms with van der Waals surface area (Å²) < 4.78 is 1.99. The molecule has 1 atom stereocenters. The van der Waals surface area contributed by atoms with E-state index in [9.17, 15) is 5.11 Å². The molecule has 0 spiro atoms. The molecule has 0 radical (unpaired) electrons. The van der Waals surface area contributed by atoms with E-state index in [1.807, 2.05) is 41.1 Å². The minimum Gasteiger partial charge on any atom is -0.394 e. The van der Waals surface area contributed by atoms with Gasteiger partial charge in [-0.05, 0) is 43.5 Å². The Labute approximate surface area is 153 Å². The van der Waals surface area contributed by atoms with Gasteiger partial charge in [0.2, 0.25) is 0 Å². The highest BCUT2D eigenvalue weighted by molar-refractivity contribution is 5.44. The second-order valence-electron chi connectivity index (χ2n) is 7.08. The van der Waals surface area contributed by atoms with E-state index in [2.05, 4.69) is 28.1 Å². The van der Waals surface area contributed by atoms with Crippen LogP contribution in [0.4, 0.5) is 0 Å². The molecule has 5 heteroatoms. The van der Waals surface area contributed by atoms with Gasteiger partial charge in [0, 0.05) is 18.3 Å². The molecule has 1 aromatic carbocycles. The Morgan fingerprint density at radius 1 is 1.19 bits per heavy atom. The van der Waals surface area contributed by atoms with Gasteiger partial charge in [0.1, 0.15) is 11.7 Å². The molecule has 3 aromatic rings. The van der Waals surface area contributed by atoms with E-state index in [1.54, 1.807) is 6.07 Å². The minimum absolute atomic E-state index is 0.141. The maximum Gasteiger partial charge on any atom is 0.137 e. The van der Waals surface area contributed by atoms with Crippen molar-refractivity contribution in [2.45, 2.75) is 31.3 Å². The minimum atomic E-state index is -0.238. The zero-order valence-corrected chi connectivity index (χ0v) is 14.7. The number of nitrogens with zero attached hydrogens (tertiary/aromatic N) is 4. The SMILES string of the molecule is N#Cc1ccc2ncc(CN3CCCC3(CO)Cc3ccccc3)n2c1. The van der Waals surface area contributed by atoms with Crippen LogP contribution < -0.4 is 0 Å². The lowest BCUT2D eigenvalue weighted by molar-refractivity contribution is 0.0571. The molecular weight excluding hydrogens is 324 g/mol. The number of likely N-dealkylation sites (tertiary alicyclic amines) is 1. The first-order valence-corrected chi connectivity index (χ1v) is 9.00. The van der Waals surface area contributed by atoms with Gasteiger partial charge >= 0.3 is 0 Å². The number of aliphatic hydroxyl groups excluding tert-OH is 1. The van der Waals surface area contributed by atoms with Crippen molar-refractivity contribution in [2.24, 2.45) is 0 Å². The largest absolute Gasteiger partial charge is 0.394 e. The van der Waals surface area contributed by atoms with Crippen molar-refractivity contribution < 1.29 is 5.11 Å². The summed E-state index contributed by atoms with van der Waals surface area (Å²) in [4.78, 5) is 6.84. The number of rotatable bonds is 5. The van der Waals surface area contributed by atoms with Crippen molar-refractivity contribution in [3.8, 4) is 6.07 Å². The maximum atomic E-state index is 10.3. The molecule has 1 N–H and O–H groups in total. The number of fused-ring (bicyclic) bond motifs is 1. The smallest absolute Gasteiger partial charge is 0.137 e. The van der Waals surface area contributed by atoms with Crippen LogP contribution in [0.3, 0.4) is 0 Å². The van der Waals surface area contributed by atoms with E-state index in [-0.39, 0.29) is 12.1 Å². The summed E-state index contributed by atoms with van der Waals surface area (Å²) >= 11 is 0. The molecule has 0 aliphatic carbocycles. The predicted molar refractivity (Wildman–Crippen MR) is 99.5 cm³/mol. The Bertz CT molecular complexity index is 944. The number of pyridine rings is 1. The molecule has 0 amide bonds. The molecule has 5 nitrogen and oxygen atoms in total. The monoisotopic (exact) mass is 346 g/mol. The normalized spacial score (nSPS) is 20.5. The third-order valence-corrected chi connectivity index (χ3v) is 5.48. The van der Waals surface area contributed by atoms with Crippen LogP contribution in [0.2, 0.25) is 0 Å². The molecular formula is C21H22N4O. The van der Waals surface area contributed by atoms with Gasteiger partial charge in [-0.15, -0.1) is 0 Å². The Morgan fingerprint density at radius 3 is 2.81 bits per heavy atom. The van der Waals surface area contributed by atoms with E-state index < -0.39 is 0 Å². The third-order valence-electron chi connectivity index (χ3n) is 5.48. The molecule has 0 bridgehead atoms. The van der Waals surface area contributed by atoms with E-state index in [4.69, 9.17) is 5.26 Å². The Balaban J connectivity index is 1.63. The molecule has 26 heavy (non-hydrogen) atoms. The van der Waals surface area contributed by atoms with E-state index in [0.717, 1.165) is 37.1 Å². The van der Waals surface area contributed by atoms with Crippen molar-refractivity contribution in [3.63, 3.8) is 0 Å². The van der Waals surface area contributed by atoms with E-state index in [0.29, 0.717) is 12.1 Å². The summed E-state index contributed by atoms with van der Waals surface area (Å²) in [5.74, 6) is 0. The molecule has 1 aliphatic heterocycles. The van der Waals surface area contributed by atoms with Crippen LogP contribution in [0.15, 0.2) is 54.9 Å². The molecule has 3 heterocycles. The van der Waals surface area contributed by atoms with Gasteiger partial charge < -0.3 is 9.51 Å². The van der Waals surface area contributed by atoms with Gasteiger partial charge in [-0.1, -0.05) is 30.3 Å². The summed E-state index contributed by atoms with van der Waals surface area (Å²) in [5, 5.41) is 19.4. The Morgan fingerprint density at radius 2 is 2.04 bits per heavy atom. The van der Waals surface area contributed by atoms with Gasteiger partial charge in [-0.25, -0.2) is 4.98 Å². The lowest BCUT2D eigenvalue weighted by atomic mass is 9.88. The lowest BCUT2D eigenvalue weighted by Crippen LogP contribution is -2.48. The molecule has 1 fully saturated rings. The number of hydrogen-bond acceptors (Lipinski definition) is 4. The summed E-state index contributed by atoms with van der Waals surface area (Å²) in [6, 6.07) is 16.2. The van der Waals surface area contributed by atoms with Crippen LogP contribution in [0.25, 0.3) is 5.65 Å². The molecule has 1 unspecified atom stereocenters. The summed E-state index contributed by atoms with van der Waals surface area (Å²) in [7, 11) is 0. The van der Waals surface area contributed by atoms with Crippen LogP contribution in [0, 0.1) is 11.3 Å². The average molecular weight is 346 g/mol. The topological polar surface area (TPSA) is 64.6 Å². The van der Waals surface area contributed by atoms with Crippen LogP contribution in [-0.2, 0) is 13.0 Å². The second-order valence-corrected chi connectivity index (χ2v) is 7.08. The van der Waals surface area contributed by atoms with Crippen LogP contribution >= 0.6 is 0 Å². The first-order chi connectivity index (χ1) is 12.7. The van der Waals surface area contributed by atoms with Crippen molar-refractivity contribution in [3.05, 3.63) is 71.7 Å². The van der Waals surface area contributed by atoms with Crippen molar-refractivity contribution in [2.75, 3.05) is 13.2 Å². The highest BCUT2D eigenvalue weighted by Gasteiger charge is 2.40. The standard InChI is InChI=1S/C21H22N4O/c22-12-18-7-8-20-23-13-19(25(20)14-18)15-24-10-4-9-21(24,16-26)11-17-5-2-1-3-6-17/h1-3,5-8,13-14,26H,4,9-11,15-16H2. The van der Waals surface area contributed by atoms with Gasteiger partial charge in [0.05, 0.1) is 24.1 Å². The third kappa shape index (κ3) is 2.98. The number of nitriles is 1. The summed E-state index contributed by atoms with van der Waals surface area (Å²) in [6.45, 7) is 1.81. The number of aromatic nitrogens is 2. The van der Waals surface area contributed by atoms with Crippen LogP contribution in [0.5, 0.6) is 0 Å². The van der Waals surface area contributed by atoms with Gasteiger partial charge in [-0.3, -0.25) is 4.90 Å². The van der Waals surface area contributed by atoms with Crippen LogP contribution in [0.1, 0.15) is 29.7 Å². The number of hydrogen-bond donors (Lipinski definition) is 1. The maximum absolute atomic E-state index is 10.3. The van der Waals surface area contributed by atoms with Gasteiger partial charge in [0.25, 0.3) is 0 Å². The molecule has 1 aliphatic rings. The van der Waals surface area contributed by atoms with Crippen molar-refractivity contribution in [1.29, 1.82) is 5.26 Å². The summed E-state index contributed by atoms with van der Waals surface area (Å²) in [6.07, 6.45) is 6.61. The first-order valence-electron chi connectivity index (χ1n) is 9.00. The molecule has 132 valence electrons. The summed E-state index contributed by atoms with van der Waals surface area (Å²) in [5.41, 5.74) is 3.52.